The van der Waals surface area contributed by atoms with Crippen molar-refractivity contribution < 1.29 is 9.90 Å². The Morgan fingerprint density at radius 1 is 1.39 bits per heavy atom. The van der Waals surface area contributed by atoms with E-state index >= 15 is 0 Å². The maximum atomic E-state index is 11.0. The second-order valence-corrected chi connectivity index (χ2v) is 5.35. The molecule has 0 saturated carbocycles. The van der Waals surface area contributed by atoms with Gasteiger partial charge in [-0.1, -0.05) is 13.8 Å². The average Bonchev–Trinajstić information content (AvgIpc) is 2.71. The van der Waals surface area contributed by atoms with Crippen molar-refractivity contribution in [3.8, 4) is 0 Å². The molecule has 0 aliphatic rings. The molecule has 18 heavy (non-hydrogen) atoms. The maximum absolute atomic E-state index is 11.0. The van der Waals surface area contributed by atoms with E-state index in [0.29, 0.717) is 6.42 Å². The molecule has 0 radical (unpaired) electrons. The lowest BCUT2D eigenvalue weighted by Crippen LogP contribution is -2.24. The zero-order valence-electron chi connectivity index (χ0n) is 11.9. The van der Waals surface area contributed by atoms with Gasteiger partial charge in [0.1, 0.15) is 0 Å². The number of hydrogen-bond acceptors (Lipinski definition) is 2. The van der Waals surface area contributed by atoms with Gasteiger partial charge in [0.25, 0.3) is 0 Å². The minimum Gasteiger partial charge on any atom is -0.481 e. The molecule has 1 rings (SSSR count). The Balaban J connectivity index is 2.58. The predicted octanol–water partition coefficient (Wildman–Crippen LogP) is 2.90. The summed E-state index contributed by atoms with van der Waals surface area (Å²) in [6, 6.07) is 2.14. The summed E-state index contributed by atoms with van der Waals surface area (Å²) in [6.45, 7) is 8.57. The van der Waals surface area contributed by atoms with E-state index in [1.54, 1.807) is 13.8 Å². The summed E-state index contributed by atoms with van der Waals surface area (Å²) in [7, 11) is 0. The molecule has 1 heterocycles. The van der Waals surface area contributed by atoms with Gasteiger partial charge in [0, 0.05) is 12.2 Å². The first-order valence-corrected chi connectivity index (χ1v) is 6.69. The molecule has 1 aromatic heterocycles. The second-order valence-electron chi connectivity index (χ2n) is 5.35. The molecule has 0 aliphatic carbocycles. The molecule has 0 bridgehead atoms. The van der Waals surface area contributed by atoms with Crippen molar-refractivity contribution in [3.63, 3.8) is 0 Å². The molecular formula is C14H24N2O2. The van der Waals surface area contributed by atoms with Crippen molar-refractivity contribution in [3.05, 3.63) is 17.5 Å². The van der Waals surface area contributed by atoms with Gasteiger partial charge in [-0.25, -0.2) is 0 Å². The van der Waals surface area contributed by atoms with Crippen LogP contribution in [0.25, 0.3) is 0 Å². The normalized spacial score (nSPS) is 11.8. The molecule has 0 aliphatic heterocycles. The molecular weight excluding hydrogens is 228 g/mol. The van der Waals surface area contributed by atoms with Crippen LogP contribution in [0.2, 0.25) is 0 Å². The number of rotatable bonds is 7. The monoisotopic (exact) mass is 252 g/mol. The van der Waals surface area contributed by atoms with Crippen molar-refractivity contribution in [2.24, 2.45) is 5.41 Å². The van der Waals surface area contributed by atoms with Crippen LogP contribution in [0.3, 0.4) is 0 Å². The molecule has 0 amide bonds. The Hall–Kier alpha value is -1.32. The molecule has 0 atom stereocenters. The summed E-state index contributed by atoms with van der Waals surface area (Å²) in [5.74, 6) is -0.729. The van der Waals surface area contributed by atoms with E-state index in [2.05, 4.69) is 25.0 Å². The first-order chi connectivity index (χ1) is 8.40. The highest BCUT2D eigenvalue weighted by Gasteiger charge is 2.26. The van der Waals surface area contributed by atoms with Crippen LogP contribution >= 0.6 is 0 Å². The number of carboxylic acids is 1. The van der Waals surface area contributed by atoms with Crippen LogP contribution in [0.4, 0.5) is 0 Å². The fourth-order valence-electron chi connectivity index (χ4n) is 1.94. The third-order valence-corrected chi connectivity index (χ3v) is 3.39. The third-order valence-electron chi connectivity index (χ3n) is 3.39. The molecule has 0 aromatic carbocycles. The lowest BCUT2D eigenvalue weighted by atomic mass is 9.88. The molecule has 4 heteroatoms. The van der Waals surface area contributed by atoms with Crippen LogP contribution in [0.15, 0.2) is 6.07 Å². The van der Waals surface area contributed by atoms with Gasteiger partial charge in [0.15, 0.2) is 0 Å². The highest BCUT2D eigenvalue weighted by Crippen LogP contribution is 2.23. The number of aromatic nitrogens is 2. The highest BCUT2D eigenvalue weighted by molar-refractivity contribution is 5.73. The van der Waals surface area contributed by atoms with Gasteiger partial charge in [0.05, 0.1) is 11.1 Å². The van der Waals surface area contributed by atoms with E-state index in [1.165, 1.54) is 5.69 Å². The second kappa shape index (κ2) is 6.03. The topological polar surface area (TPSA) is 55.1 Å². The Morgan fingerprint density at radius 3 is 2.56 bits per heavy atom. The zero-order chi connectivity index (χ0) is 13.8. The van der Waals surface area contributed by atoms with Crippen molar-refractivity contribution in [1.29, 1.82) is 0 Å². The van der Waals surface area contributed by atoms with E-state index in [1.807, 2.05) is 4.68 Å². The van der Waals surface area contributed by atoms with Crippen LogP contribution in [0, 0.1) is 5.41 Å². The van der Waals surface area contributed by atoms with E-state index in [4.69, 9.17) is 5.11 Å². The predicted molar refractivity (Wildman–Crippen MR) is 71.6 cm³/mol. The summed E-state index contributed by atoms with van der Waals surface area (Å²) in [5, 5.41) is 13.6. The first kappa shape index (κ1) is 14.7. The number of hydrogen-bond donors (Lipinski definition) is 1. The van der Waals surface area contributed by atoms with Crippen molar-refractivity contribution in [1.82, 2.24) is 9.78 Å². The SMILES string of the molecule is CCc1cc(CC)n(CCCC(C)(C)C(=O)O)n1. The maximum Gasteiger partial charge on any atom is 0.309 e. The van der Waals surface area contributed by atoms with Crippen molar-refractivity contribution in [2.45, 2.75) is 59.9 Å². The Morgan fingerprint density at radius 2 is 2.06 bits per heavy atom. The molecule has 1 N–H and O–H groups in total. The van der Waals surface area contributed by atoms with Gasteiger partial charge in [-0.2, -0.15) is 5.10 Å². The fraction of sp³-hybridized carbons (Fsp3) is 0.714. The van der Waals surface area contributed by atoms with E-state index in [9.17, 15) is 4.79 Å². The van der Waals surface area contributed by atoms with Crippen LogP contribution in [0.1, 0.15) is 51.9 Å². The summed E-state index contributed by atoms with van der Waals surface area (Å²) < 4.78 is 2.02. The molecule has 1 aromatic rings. The number of aliphatic carboxylic acids is 1. The Kier molecular flexibility index (Phi) is 4.93. The van der Waals surface area contributed by atoms with Gasteiger partial charge in [-0.05, 0) is 45.6 Å². The van der Waals surface area contributed by atoms with Gasteiger partial charge in [-0.3, -0.25) is 9.48 Å². The molecule has 4 nitrogen and oxygen atoms in total. The summed E-state index contributed by atoms with van der Waals surface area (Å²) in [6.07, 6.45) is 3.43. The van der Waals surface area contributed by atoms with Crippen LogP contribution in [-0.4, -0.2) is 20.9 Å². The van der Waals surface area contributed by atoms with Crippen molar-refractivity contribution >= 4 is 5.97 Å². The van der Waals surface area contributed by atoms with Gasteiger partial charge in [-0.15, -0.1) is 0 Å². The Bertz CT molecular complexity index is 408. The first-order valence-electron chi connectivity index (χ1n) is 6.69. The minimum absolute atomic E-state index is 0.646. The standard InChI is InChI=1S/C14H24N2O2/c1-5-11-10-12(6-2)16(15-11)9-7-8-14(3,4)13(17)18/h10H,5-9H2,1-4H3,(H,17,18). The molecule has 0 unspecified atom stereocenters. The van der Waals surface area contributed by atoms with Gasteiger partial charge < -0.3 is 5.11 Å². The van der Waals surface area contributed by atoms with Gasteiger partial charge in [0.2, 0.25) is 0 Å². The minimum atomic E-state index is -0.729. The molecule has 0 spiro atoms. The largest absolute Gasteiger partial charge is 0.481 e. The fourth-order valence-corrected chi connectivity index (χ4v) is 1.94. The highest BCUT2D eigenvalue weighted by atomic mass is 16.4. The quantitative estimate of drug-likeness (QED) is 0.811. The summed E-state index contributed by atoms with van der Waals surface area (Å²) in [4.78, 5) is 11.0. The number of carboxylic acid groups (broad SMARTS) is 1. The number of aryl methyl sites for hydroxylation is 3. The average molecular weight is 252 g/mol. The van der Waals surface area contributed by atoms with Crippen molar-refractivity contribution in [2.75, 3.05) is 0 Å². The van der Waals surface area contributed by atoms with E-state index < -0.39 is 11.4 Å². The summed E-state index contributed by atoms with van der Waals surface area (Å²) in [5.41, 5.74) is 1.71. The zero-order valence-corrected chi connectivity index (χ0v) is 11.9. The number of nitrogens with zero attached hydrogens (tertiary/aromatic N) is 2. The molecule has 0 saturated heterocycles. The lowest BCUT2D eigenvalue weighted by Gasteiger charge is -2.18. The Labute approximate surface area is 109 Å². The van der Waals surface area contributed by atoms with Crippen LogP contribution in [0.5, 0.6) is 0 Å². The van der Waals surface area contributed by atoms with Crippen LogP contribution in [-0.2, 0) is 24.2 Å². The van der Waals surface area contributed by atoms with E-state index in [0.717, 1.165) is 31.5 Å². The smallest absolute Gasteiger partial charge is 0.309 e. The van der Waals surface area contributed by atoms with Gasteiger partial charge >= 0.3 is 5.97 Å². The van der Waals surface area contributed by atoms with Crippen LogP contribution < -0.4 is 0 Å². The summed E-state index contributed by atoms with van der Waals surface area (Å²) >= 11 is 0. The van der Waals surface area contributed by atoms with E-state index in [-0.39, 0.29) is 0 Å². The molecule has 102 valence electrons. The number of carbonyl (C=O) groups is 1. The molecule has 0 fully saturated rings. The third kappa shape index (κ3) is 3.59. The lowest BCUT2D eigenvalue weighted by molar-refractivity contribution is -0.147.